The van der Waals surface area contributed by atoms with Crippen LogP contribution in [0.3, 0.4) is 0 Å². The number of aliphatic imine (C=N–C) groups is 1. The zero-order chi connectivity index (χ0) is 15.7. The zero-order valence-electron chi connectivity index (χ0n) is 11.3. The molecule has 21 heavy (non-hydrogen) atoms. The lowest BCUT2D eigenvalue weighted by atomic mass is 9.88. The van der Waals surface area contributed by atoms with Crippen molar-refractivity contribution in [2.45, 2.75) is 13.0 Å². The largest absolute Gasteiger partial charge is 0.503 e. The Morgan fingerprint density at radius 3 is 2.71 bits per heavy atom. The van der Waals surface area contributed by atoms with Crippen LogP contribution in [-0.4, -0.2) is 35.0 Å². The van der Waals surface area contributed by atoms with Crippen molar-refractivity contribution in [1.29, 1.82) is 0 Å². The molecule has 7 nitrogen and oxygen atoms in total. The van der Waals surface area contributed by atoms with Crippen LogP contribution in [-0.2, 0) is 4.79 Å². The summed E-state index contributed by atoms with van der Waals surface area (Å²) in [6.07, 6.45) is 0. The van der Waals surface area contributed by atoms with E-state index in [1.54, 1.807) is 0 Å². The maximum absolute atomic E-state index is 11.5. The summed E-state index contributed by atoms with van der Waals surface area (Å²) < 4.78 is 5.38. The van der Waals surface area contributed by atoms with Crippen LogP contribution in [0.1, 0.15) is 18.5 Å². The van der Waals surface area contributed by atoms with E-state index in [9.17, 15) is 19.8 Å². The van der Waals surface area contributed by atoms with Gasteiger partial charge in [0.1, 0.15) is 5.92 Å². The highest BCUT2D eigenvalue weighted by Gasteiger charge is 2.37. The first-order valence-electron chi connectivity index (χ1n) is 6.00. The number of amides is 2. The Morgan fingerprint density at radius 2 is 2.14 bits per heavy atom. The number of carboxylic acid groups (broad SMARTS) is 1. The second-order valence-electron chi connectivity index (χ2n) is 4.55. The number of halogens is 1. The average Bonchev–Trinajstić information content (AvgIpc) is 2.40. The van der Waals surface area contributed by atoms with Crippen LogP contribution < -0.4 is 10.1 Å². The summed E-state index contributed by atoms with van der Waals surface area (Å²) >= 11 is 3.17. The van der Waals surface area contributed by atoms with Crippen LogP contribution in [0.15, 0.2) is 21.6 Å². The van der Waals surface area contributed by atoms with Crippen molar-refractivity contribution in [3.8, 4) is 11.5 Å². The van der Waals surface area contributed by atoms with Crippen molar-refractivity contribution >= 4 is 33.6 Å². The Labute approximate surface area is 128 Å². The number of nitrogens with zero attached hydrogens (tertiary/aromatic N) is 1. The minimum absolute atomic E-state index is 0.0966. The molecule has 1 aliphatic heterocycles. The van der Waals surface area contributed by atoms with Gasteiger partial charge in [0.25, 0.3) is 0 Å². The number of urea groups is 1. The third-order valence-corrected chi connectivity index (χ3v) is 3.84. The van der Waals surface area contributed by atoms with Gasteiger partial charge in [-0.05, 0) is 40.5 Å². The molecule has 0 spiro atoms. The van der Waals surface area contributed by atoms with Gasteiger partial charge in [-0.2, -0.15) is 0 Å². The Hall–Kier alpha value is -2.09. The second kappa shape index (κ2) is 5.72. The molecule has 3 N–H and O–H groups in total. The van der Waals surface area contributed by atoms with E-state index in [4.69, 9.17) is 4.74 Å². The number of hydrogen-bond acceptors (Lipinski definition) is 4. The minimum Gasteiger partial charge on any atom is -0.503 e. The molecular weight excluding hydrogens is 344 g/mol. The molecule has 2 unspecified atom stereocenters. The van der Waals surface area contributed by atoms with E-state index >= 15 is 0 Å². The molecule has 1 aromatic carbocycles. The Morgan fingerprint density at radius 1 is 1.48 bits per heavy atom. The SMILES string of the molecule is COc1cc(C2NC(=O)N=C(C)C2C(=O)O)cc(Br)c1O. The predicted octanol–water partition coefficient (Wildman–Crippen LogP) is 2.09. The van der Waals surface area contributed by atoms with Gasteiger partial charge < -0.3 is 20.3 Å². The van der Waals surface area contributed by atoms with E-state index < -0.39 is 24.0 Å². The Kier molecular flexibility index (Phi) is 4.17. The number of benzene rings is 1. The van der Waals surface area contributed by atoms with E-state index in [0.717, 1.165) is 0 Å². The quantitative estimate of drug-likeness (QED) is 0.768. The molecule has 0 saturated heterocycles. The number of carbonyl (C=O) groups is 2. The third kappa shape index (κ3) is 2.85. The molecule has 0 bridgehead atoms. The summed E-state index contributed by atoms with van der Waals surface area (Å²) in [6.45, 7) is 1.50. The van der Waals surface area contributed by atoms with Crippen molar-refractivity contribution < 1.29 is 24.5 Å². The number of rotatable bonds is 3. The maximum atomic E-state index is 11.5. The summed E-state index contributed by atoms with van der Waals surface area (Å²) in [7, 11) is 1.38. The van der Waals surface area contributed by atoms with Crippen LogP contribution in [0, 0.1) is 5.92 Å². The molecule has 2 atom stereocenters. The number of phenols is 1. The normalized spacial score (nSPS) is 21.5. The van der Waals surface area contributed by atoms with Crippen molar-refractivity contribution in [3.05, 3.63) is 22.2 Å². The molecule has 0 aromatic heterocycles. The van der Waals surface area contributed by atoms with Gasteiger partial charge in [-0.1, -0.05) is 0 Å². The third-order valence-electron chi connectivity index (χ3n) is 3.24. The fraction of sp³-hybridized carbons (Fsp3) is 0.308. The summed E-state index contributed by atoms with van der Waals surface area (Å²) in [4.78, 5) is 26.6. The van der Waals surface area contributed by atoms with Gasteiger partial charge in [-0.25, -0.2) is 9.79 Å². The van der Waals surface area contributed by atoms with Crippen LogP contribution >= 0.6 is 15.9 Å². The van der Waals surface area contributed by atoms with Gasteiger partial charge in [0, 0.05) is 5.71 Å². The number of aliphatic carboxylic acids is 1. The molecule has 1 aromatic rings. The summed E-state index contributed by atoms with van der Waals surface area (Å²) in [5, 5.41) is 21.7. The van der Waals surface area contributed by atoms with Crippen molar-refractivity contribution in [3.63, 3.8) is 0 Å². The molecule has 1 heterocycles. The number of ether oxygens (including phenoxy) is 1. The highest BCUT2D eigenvalue weighted by atomic mass is 79.9. The highest BCUT2D eigenvalue weighted by molar-refractivity contribution is 9.10. The lowest BCUT2D eigenvalue weighted by molar-refractivity contribution is -0.140. The molecule has 2 rings (SSSR count). The molecule has 0 aliphatic carbocycles. The molecule has 112 valence electrons. The van der Waals surface area contributed by atoms with Crippen LogP contribution in [0.4, 0.5) is 4.79 Å². The topological polar surface area (TPSA) is 108 Å². The van der Waals surface area contributed by atoms with E-state index in [0.29, 0.717) is 10.0 Å². The van der Waals surface area contributed by atoms with Crippen molar-refractivity contribution in [1.82, 2.24) is 5.32 Å². The molecule has 0 saturated carbocycles. The predicted molar refractivity (Wildman–Crippen MR) is 77.9 cm³/mol. The molecule has 0 fully saturated rings. The average molecular weight is 357 g/mol. The van der Waals surface area contributed by atoms with Gasteiger partial charge >= 0.3 is 12.0 Å². The number of carboxylic acids is 1. The second-order valence-corrected chi connectivity index (χ2v) is 5.40. The Balaban J connectivity index is 2.53. The van der Waals surface area contributed by atoms with Gasteiger partial charge in [0.05, 0.1) is 17.6 Å². The van der Waals surface area contributed by atoms with Crippen LogP contribution in [0.25, 0.3) is 0 Å². The van der Waals surface area contributed by atoms with Gasteiger partial charge in [0.2, 0.25) is 0 Å². The van der Waals surface area contributed by atoms with Crippen molar-refractivity contribution in [2.75, 3.05) is 7.11 Å². The molecule has 8 heteroatoms. The number of methoxy groups -OCH3 is 1. The van der Waals surface area contributed by atoms with Gasteiger partial charge in [-0.15, -0.1) is 0 Å². The van der Waals surface area contributed by atoms with Crippen LogP contribution in [0.5, 0.6) is 11.5 Å². The van der Waals surface area contributed by atoms with Crippen LogP contribution in [0.2, 0.25) is 0 Å². The standard InChI is InChI=1S/C13H13BrN2O5/c1-5-9(12(18)19)10(16-13(20)15-5)6-3-7(14)11(17)8(4-6)21-2/h3-4,9-10,17H,1-2H3,(H,16,20)(H,18,19). The summed E-state index contributed by atoms with van der Waals surface area (Å²) in [5.41, 5.74) is 0.714. The number of nitrogens with one attached hydrogen (secondary N) is 1. The summed E-state index contributed by atoms with van der Waals surface area (Å²) in [6, 6.07) is 1.63. The highest BCUT2D eigenvalue weighted by Crippen LogP contribution is 2.39. The number of carbonyl (C=O) groups excluding carboxylic acids is 1. The lowest BCUT2D eigenvalue weighted by Gasteiger charge is -2.28. The van der Waals surface area contributed by atoms with E-state index in [2.05, 4.69) is 26.2 Å². The fourth-order valence-corrected chi connectivity index (χ4v) is 2.71. The molecule has 0 radical (unpaired) electrons. The first kappa shape index (κ1) is 15.3. The molecular formula is C13H13BrN2O5. The van der Waals surface area contributed by atoms with Crippen molar-refractivity contribution in [2.24, 2.45) is 10.9 Å². The monoisotopic (exact) mass is 356 g/mol. The number of phenolic OH excluding ortho intramolecular Hbond substituents is 1. The molecule has 1 aliphatic rings. The van der Waals surface area contributed by atoms with E-state index in [1.807, 2.05) is 0 Å². The number of aromatic hydroxyl groups is 1. The number of hydrogen-bond donors (Lipinski definition) is 3. The Bertz CT molecular complexity index is 644. The first-order valence-corrected chi connectivity index (χ1v) is 6.79. The fourth-order valence-electron chi connectivity index (χ4n) is 2.25. The van der Waals surface area contributed by atoms with Gasteiger partial charge in [0.15, 0.2) is 11.5 Å². The zero-order valence-corrected chi connectivity index (χ0v) is 12.8. The van der Waals surface area contributed by atoms with E-state index in [1.165, 1.54) is 26.2 Å². The summed E-state index contributed by atoms with van der Waals surface area (Å²) in [5.74, 6) is -1.99. The minimum atomic E-state index is -1.09. The smallest absolute Gasteiger partial charge is 0.341 e. The lowest BCUT2D eigenvalue weighted by Crippen LogP contribution is -2.43. The maximum Gasteiger partial charge on any atom is 0.341 e. The molecule has 2 amide bonds. The van der Waals surface area contributed by atoms with Gasteiger partial charge in [-0.3, -0.25) is 4.79 Å². The van der Waals surface area contributed by atoms with E-state index in [-0.39, 0.29) is 17.2 Å². The first-order chi connectivity index (χ1) is 9.85.